The van der Waals surface area contributed by atoms with E-state index in [0.717, 1.165) is 12.1 Å². The second-order valence-corrected chi connectivity index (χ2v) is 6.01. The molecule has 7 nitrogen and oxygen atoms in total. The highest BCUT2D eigenvalue weighted by molar-refractivity contribution is 5.79. The first kappa shape index (κ1) is 18.0. The second kappa shape index (κ2) is 6.95. The fourth-order valence-corrected chi connectivity index (χ4v) is 2.58. The van der Waals surface area contributed by atoms with Gasteiger partial charge in [-0.1, -0.05) is 17.3 Å². The number of alkyl halides is 3. The van der Waals surface area contributed by atoms with Crippen LogP contribution in [0, 0.1) is 6.92 Å². The van der Waals surface area contributed by atoms with Crippen LogP contribution in [0.3, 0.4) is 0 Å². The average Bonchev–Trinajstić information content (AvgIpc) is 3.31. The van der Waals surface area contributed by atoms with Crippen molar-refractivity contribution in [2.45, 2.75) is 25.6 Å². The van der Waals surface area contributed by atoms with Crippen molar-refractivity contribution in [2.75, 3.05) is 0 Å². The van der Waals surface area contributed by atoms with E-state index in [1.165, 1.54) is 18.3 Å². The Labute approximate surface area is 156 Å². The minimum absolute atomic E-state index is 0.288. The molecule has 1 aromatic carbocycles. The molecule has 0 radical (unpaired) electrons. The Balaban J connectivity index is 1.38. The largest absolute Gasteiger partial charge is 0.438 e. The molecule has 1 aliphatic rings. The third kappa shape index (κ3) is 3.80. The van der Waals surface area contributed by atoms with Crippen LogP contribution >= 0.6 is 0 Å². The first-order valence-corrected chi connectivity index (χ1v) is 8.23. The van der Waals surface area contributed by atoms with Crippen LogP contribution in [-0.4, -0.2) is 21.1 Å². The van der Waals surface area contributed by atoms with Crippen LogP contribution in [0.1, 0.15) is 29.5 Å². The lowest BCUT2D eigenvalue weighted by Crippen LogP contribution is -2.08. The predicted octanol–water partition coefficient (Wildman–Crippen LogP) is 4.31. The Morgan fingerprint density at radius 2 is 1.86 bits per heavy atom. The van der Waals surface area contributed by atoms with Crippen molar-refractivity contribution in [2.24, 2.45) is 5.16 Å². The maximum absolute atomic E-state index is 12.6. The van der Waals surface area contributed by atoms with Gasteiger partial charge in [0.15, 0.2) is 6.10 Å². The van der Waals surface area contributed by atoms with Crippen LogP contribution in [0.4, 0.5) is 13.2 Å². The number of benzene rings is 1. The van der Waals surface area contributed by atoms with Gasteiger partial charge >= 0.3 is 6.18 Å². The van der Waals surface area contributed by atoms with Gasteiger partial charge in [0.25, 0.3) is 5.89 Å². The van der Waals surface area contributed by atoms with Gasteiger partial charge in [-0.15, -0.1) is 10.2 Å². The van der Waals surface area contributed by atoms with Crippen LogP contribution in [0.2, 0.25) is 0 Å². The zero-order valence-electron chi connectivity index (χ0n) is 14.5. The summed E-state index contributed by atoms with van der Waals surface area (Å²) in [5, 5.41) is 11.5. The average molecular weight is 390 g/mol. The molecule has 0 amide bonds. The van der Waals surface area contributed by atoms with Gasteiger partial charge in [0.05, 0.1) is 18.2 Å². The summed E-state index contributed by atoms with van der Waals surface area (Å²) in [5.74, 6) is 1.46. The molecular formula is C18H13F3N4O3. The van der Waals surface area contributed by atoms with E-state index in [1.54, 1.807) is 19.1 Å². The Kier molecular flexibility index (Phi) is 4.46. The van der Waals surface area contributed by atoms with E-state index in [2.05, 4.69) is 20.3 Å². The minimum atomic E-state index is -4.38. The van der Waals surface area contributed by atoms with Crippen molar-refractivity contribution in [3.8, 4) is 17.3 Å². The molecule has 144 valence electrons. The lowest BCUT2D eigenvalue weighted by Gasteiger charge is -2.10. The van der Waals surface area contributed by atoms with Crippen LogP contribution in [0.15, 0.2) is 52.2 Å². The van der Waals surface area contributed by atoms with Crippen molar-refractivity contribution in [1.82, 2.24) is 15.2 Å². The molecule has 10 heteroatoms. The lowest BCUT2D eigenvalue weighted by atomic mass is 10.0. The van der Waals surface area contributed by atoms with Gasteiger partial charge < -0.3 is 14.0 Å². The van der Waals surface area contributed by atoms with Gasteiger partial charge in [0, 0.05) is 6.92 Å². The third-order valence-electron chi connectivity index (χ3n) is 3.97. The fraction of sp³-hybridized carbons (Fsp3) is 0.222. The molecule has 28 heavy (non-hydrogen) atoms. The first-order chi connectivity index (χ1) is 13.4. The van der Waals surface area contributed by atoms with Crippen LogP contribution < -0.4 is 4.74 Å². The van der Waals surface area contributed by atoms with Crippen molar-refractivity contribution in [1.29, 1.82) is 0 Å². The minimum Gasteiger partial charge on any atom is -0.438 e. The molecule has 0 saturated heterocycles. The number of aromatic nitrogens is 3. The van der Waals surface area contributed by atoms with E-state index in [0.29, 0.717) is 34.7 Å². The molecule has 0 bridgehead atoms. The van der Waals surface area contributed by atoms with E-state index in [9.17, 15) is 13.2 Å². The monoisotopic (exact) mass is 390 g/mol. The number of oxime groups is 1. The Morgan fingerprint density at radius 3 is 2.46 bits per heavy atom. The van der Waals surface area contributed by atoms with Crippen LogP contribution in [-0.2, 0) is 11.0 Å². The summed E-state index contributed by atoms with van der Waals surface area (Å²) in [4.78, 5) is 9.46. The highest BCUT2D eigenvalue weighted by Gasteiger charge is 2.31. The standard InChI is InChI=1S/C18H13F3N4O3/c1-10-23-24-17(26-10)14-7-6-13(9-22-14)27-16-8-15(28-25-16)11-2-4-12(5-3-11)18(19,20)21/h2-7,9,15H,8H2,1H3/t15-/m0/s1. The summed E-state index contributed by atoms with van der Waals surface area (Å²) in [6.07, 6.45) is -3.12. The van der Waals surface area contributed by atoms with Gasteiger partial charge in [-0.05, 0) is 29.8 Å². The predicted molar refractivity (Wildman–Crippen MR) is 90.2 cm³/mol. The summed E-state index contributed by atoms with van der Waals surface area (Å²) in [6.45, 7) is 1.68. The van der Waals surface area contributed by atoms with Crippen LogP contribution in [0.5, 0.6) is 5.75 Å². The van der Waals surface area contributed by atoms with Crippen molar-refractivity contribution in [3.63, 3.8) is 0 Å². The Morgan fingerprint density at radius 1 is 1.07 bits per heavy atom. The van der Waals surface area contributed by atoms with Gasteiger partial charge in [0.2, 0.25) is 11.8 Å². The topological polar surface area (TPSA) is 82.6 Å². The Hall–Kier alpha value is -3.43. The molecule has 2 aromatic heterocycles. The maximum Gasteiger partial charge on any atom is 0.416 e. The van der Waals surface area contributed by atoms with E-state index in [1.807, 2.05) is 0 Å². The molecule has 1 atom stereocenters. The zero-order valence-corrected chi connectivity index (χ0v) is 14.5. The number of rotatable bonds is 3. The summed E-state index contributed by atoms with van der Waals surface area (Å²) in [5.41, 5.74) is 0.366. The number of halogens is 3. The Bertz CT molecular complexity index is 998. The van der Waals surface area contributed by atoms with Gasteiger partial charge in [0.1, 0.15) is 11.4 Å². The molecule has 4 rings (SSSR count). The quantitative estimate of drug-likeness (QED) is 0.663. The molecule has 0 N–H and O–H groups in total. The molecule has 0 aliphatic carbocycles. The smallest absolute Gasteiger partial charge is 0.416 e. The normalized spacial score (nSPS) is 16.6. The molecule has 0 unspecified atom stereocenters. The maximum atomic E-state index is 12.6. The number of aryl methyl sites for hydroxylation is 1. The van der Waals surface area contributed by atoms with Gasteiger partial charge in [-0.3, -0.25) is 0 Å². The van der Waals surface area contributed by atoms with Crippen LogP contribution in [0.25, 0.3) is 11.6 Å². The summed E-state index contributed by atoms with van der Waals surface area (Å²) in [6, 6.07) is 8.09. The SMILES string of the molecule is Cc1nnc(-c2ccc(OC3=NO[C@H](c4ccc(C(F)(F)F)cc4)C3)cn2)o1. The third-order valence-corrected chi connectivity index (χ3v) is 3.97. The molecule has 3 heterocycles. The summed E-state index contributed by atoms with van der Waals surface area (Å²) in [7, 11) is 0. The van der Waals surface area contributed by atoms with E-state index >= 15 is 0 Å². The van der Waals surface area contributed by atoms with Gasteiger partial charge in [-0.2, -0.15) is 13.2 Å². The second-order valence-electron chi connectivity index (χ2n) is 6.01. The number of hydrogen-bond donors (Lipinski definition) is 0. The molecule has 0 saturated carbocycles. The number of pyridine rings is 1. The lowest BCUT2D eigenvalue weighted by molar-refractivity contribution is -0.137. The molecule has 0 spiro atoms. The van der Waals surface area contributed by atoms with Crippen molar-refractivity contribution < 1.29 is 27.2 Å². The fourth-order valence-electron chi connectivity index (χ4n) is 2.58. The molecular weight excluding hydrogens is 377 g/mol. The summed E-state index contributed by atoms with van der Waals surface area (Å²) >= 11 is 0. The molecule has 1 aliphatic heterocycles. The number of hydrogen-bond acceptors (Lipinski definition) is 7. The number of nitrogens with zero attached hydrogens (tertiary/aromatic N) is 4. The van der Waals surface area contributed by atoms with E-state index in [-0.39, 0.29) is 6.42 Å². The van der Waals surface area contributed by atoms with Gasteiger partial charge in [-0.25, -0.2) is 4.98 Å². The summed E-state index contributed by atoms with van der Waals surface area (Å²) < 4.78 is 48.9. The number of ether oxygens (including phenoxy) is 1. The molecule has 0 fully saturated rings. The van der Waals surface area contributed by atoms with E-state index < -0.39 is 17.8 Å². The highest BCUT2D eigenvalue weighted by atomic mass is 19.4. The first-order valence-electron chi connectivity index (χ1n) is 8.23. The van der Waals surface area contributed by atoms with Crippen molar-refractivity contribution >= 4 is 5.90 Å². The zero-order chi connectivity index (χ0) is 19.7. The highest BCUT2D eigenvalue weighted by Crippen LogP contribution is 2.33. The van der Waals surface area contributed by atoms with E-state index in [4.69, 9.17) is 14.0 Å². The van der Waals surface area contributed by atoms with Crippen molar-refractivity contribution in [3.05, 3.63) is 59.6 Å². The molecule has 3 aromatic rings.